The maximum Gasteiger partial charge on any atom is 0.319 e. The molecule has 0 spiro atoms. The normalized spacial score (nSPS) is 16.0. The summed E-state index contributed by atoms with van der Waals surface area (Å²) in [6, 6.07) is 6.67. The van der Waals surface area contributed by atoms with Gasteiger partial charge < -0.3 is 25.4 Å². The summed E-state index contributed by atoms with van der Waals surface area (Å²) in [7, 11) is 2.96. The van der Waals surface area contributed by atoms with Gasteiger partial charge in [-0.3, -0.25) is 4.79 Å². The van der Waals surface area contributed by atoms with Gasteiger partial charge in [-0.2, -0.15) is 0 Å². The van der Waals surface area contributed by atoms with Crippen LogP contribution in [0.25, 0.3) is 0 Å². The van der Waals surface area contributed by atoms with Gasteiger partial charge in [-0.1, -0.05) is 0 Å². The lowest BCUT2D eigenvalue weighted by Gasteiger charge is -2.29. The van der Waals surface area contributed by atoms with E-state index in [2.05, 4.69) is 16.0 Å². The third-order valence-electron chi connectivity index (χ3n) is 4.44. The molecule has 2 aromatic carbocycles. The largest absolute Gasteiger partial charge is 0.497 e. The van der Waals surface area contributed by atoms with E-state index in [1.807, 2.05) is 0 Å². The number of hydrogen-bond donors (Lipinski definition) is 3. The van der Waals surface area contributed by atoms with Crippen molar-refractivity contribution in [3.63, 3.8) is 0 Å². The number of hydrogen-bond acceptors (Lipinski definition) is 4. The van der Waals surface area contributed by atoms with E-state index in [1.165, 1.54) is 20.3 Å². The fraction of sp³-hybridized carbons (Fsp3) is 0.200. The number of benzene rings is 2. The van der Waals surface area contributed by atoms with E-state index < -0.39 is 29.6 Å². The number of halogens is 2. The summed E-state index contributed by atoms with van der Waals surface area (Å²) in [5.74, 6) is -1.76. The van der Waals surface area contributed by atoms with Crippen molar-refractivity contribution in [3.8, 4) is 11.5 Å². The molecular formula is C20H19F2N3O4. The number of amides is 3. The highest BCUT2D eigenvalue weighted by molar-refractivity contribution is 6.06. The Balaban J connectivity index is 2.00. The molecule has 0 saturated heterocycles. The number of carbonyl (C=O) groups excluding carboxylic acids is 2. The van der Waals surface area contributed by atoms with Crippen molar-refractivity contribution in [1.82, 2.24) is 10.6 Å². The maximum atomic E-state index is 13.5. The lowest BCUT2D eigenvalue weighted by Crippen LogP contribution is -2.46. The van der Waals surface area contributed by atoms with Crippen LogP contribution in [0.15, 0.2) is 47.7 Å². The first-order valence-corrected chi connectivity index (χ1v) is 8.60. The van der Waals surface area contributed by atoms with E-state index in [0.29, 0.717) is 22.8 Å². The van der Waals surface area contributed by atoms with Crippen LogP contribution >= 0.6 is 0 Å². The van der Waals surface area contributed by atoms with E-state index in [-0.39, 0.29) is 11.3 Å². The molecule has 0 aliphatic carbocycles. The first-order chi connectivity index (χ1) is 13.8. The molecule has 1 atom stereocenters. The van der Waals surface area contributed by atoms with Crippen molar-refractivity contribution in [1.29, 1.82) is 0 Å². The SMILES string of the molecule is COc1ccc([C@@H]2NC(=O)NC(C)=C2C(=O)Nc2ccc(F)c(F)c2)c(OC)c1. The van der Waals surface area contributed by atoms with Crippen LogP contribution in [-0.2, 0) is 4.79 Å². The summed E-state index contributed by atoms with van der Waals surface area (Å²) in [5.41, 5.74) is 1.11. The molecule has 0 bridgehead atoms. The third-order valence-corrected chi connectivity index (χ3v) is 4.44. The van der Waals surface area contributed by atoms with Gasteiger partial charge in [0.15, 0.2) is 11.6 Å². The summed E-state index contributed by atoms with van der Waals surface area (Å²) in [5, 5.41) is 7.76. The topological polar surface area (TPSA) is 88.7 Å². The molecule has 1 aliphatic rings. The lowest BCUT2D eigenvalue weighted by atomic mass is 9.94. The van der Waals surface area contributed by atoms with Crippen LogP contribution in [0.5, 0.6) is 11.5 Å². The van der Waals surface area contributed by atoms with Gasteiger partial charge in [0.2, 0.25) is 0 Å². The smallest absolute Gasteiger partial charge is 0.319 e. The molecule has 7 nitrogen and oxygen atoms in total. The number of anilines is 1. The van der Waals surface area contributed by atoms with E-state index in [1.54, 1.807) is 25.1 Å². The highest BCUT2D eigenvalue weighted by atomic mass is 19.2. The molecule has 0 aromatic heterocycles. The molecule has 29 heavy (non-hydrogen) atoms. The summed E-state index contributed by atoms with van der Waals surface area (Å²) in [6.07, 6.45) is 0. The zero-order valence-electron chi connectivity index (χ0n) is 15.9. The lowest BCUT2D eigenvalue weighted by molar-refractivity contribution is -0.113. The van der Waals surface area contributed by atoms with Crippen molar-refractivity contribution in [2.24, 2.45) is 0 Å². The molecule has 0 saturated carbocycles. The van der Waals surface area contributed by atoms with Crippen LogP contribution < -0.4 is 25.4 Å². The second-order valence-electron chi connectivity index (χ2n) is 6.26. The number of allylic oxidation sites excluding steroid dienone is 1. The monoisotopic (exact) mass is 403 g/mol. The van der Waals surface area contributed by atoms with Crippen molar-refractivity contribution < 1.29 is 27.8 Å². The molecule has 9 heteroatoms. The average Bonchev–Trinajstić information content (AvgIpc) is 2.69. The number of carbonyl (C=O) groups is 2. The molecule has 2 aromatic rings. The standard InChI is InChI=1S/C20H19F2N3O4/c1-10-17(19(26)24-11-4-7-14(21)15(22)8-11)18(25-20(27)23-10)13-6-5-12(28-2)9-16(13)29-3/h4-9,18H,1-3H3,(H,24,26)(H2,23,25,27)/t18-/m0/s1. The zero-order valence-corrected chi connectivity index (χ0v) is 15.9. The van der Waals surface area contributed by atoms with Gasteiger partial charge in [0.1, 0.15) is 11.5 Å². The molecule has 0 radical (unpaired) electrons. The number of methoxy groups -OCH3 is 2. The van der Waals surface area contributed by atoms with Gasteiger partial charge >= 0.3 is 6.03 Å². The summed E-state index contributed by atoms with van der Waals surface area (Å²) >= 11 is 0. The fourth-order valence-corrected chi connectivity index (χ4v) is 3.06. The summed E-state index contributed by atoms with van der Waals surface area (Å²) in [4.78, 5) is 25.0. The van der Waals surface area contributed by atoms with E-state index in [0.717, 1.165) is 12.1 Å². The average molecular weight is 403 g/mol. The molecule has 3 rings (SSSR count). The van der Waals surface area contributed by atoms with Crippen molar-refractivity contribution >= 4 is 17.6 Å². The van der Waals surface area contributed by atoms with Gasteiger partial charge in [-0.25, -0.2) is 13.6 Å². The third kappa shape index (κ3) is 4.13. The highest BCUT2D eigenvalue weighted by Gasteiger charge is 2.33. The number of nitrogens with one attached hydrogen (secondary N) is 3. The Labute approximate surface area is 165 Å². The van der Waals surface area contributed by atoms with Crippen molar-refractivity contribution in [2.75, 3.05) is 19.5 Å². The zero-order chi connectivity index (χ0) is 21.1. The van der Waals surface area contributed by atoms with Crippen LogP contribution in [0.4, 0.5) is 19.3 Å². The first-order valence-electron chi connectivity index (χ1n) is 8.60. The Morgan fingerprint density at radius 2 is 1.83 bits per heavy atom. The molecule has 0 fully saturated rings. The van der Waals surface area contributed by atoms with E-state index in [4.69, 9.17) is 9.47 Å². The minimum atomic E-state index is -1.09. The highest BCUT2D eigenvalue weighted by Crippen LogP contribution is 2.35. The minimum Gasteiger partial charge on any atom is -0.497 e. The predicted molar refractivity (Wildman–Crippen MR) is 102 cm³/mol. The first kappa shape index (κ1) is 20.1. The fourth-order valence-electron chi connectivity index (χ4n) is 3.06. The Bertz CT molecular complexity index is 1010. The van der Waals surface area contributed by atoms with Crippen LogP contribution in [0.2, 0.25) is 0 Å². The van der Waals surface area contributed by atoms with Gasteiger partial charge in [0, 0.05) is 29.1 Å². The quantitative estimate of drug-likeness (QED) is 0.715. The number of ether oxygens (including phenoxy) is 2. The molecular weight excluding hydrogens is 384 g/mol. The molecule has 0 unspecified atom stereocenters. The van der Waals surface area contributed by atoms with Crippen LogP contribution in [0, 0.1) is 11.6 Å². The number of rotatable bonds is 5. The molecule has 3 amide bonds. The molecule has 1 heterocycles. The van der Waals surface area contributed by atoms with Crippen LogP contribution in [0.1, 0.15) is 18.5 Å². The van der Waals surface area contributed by atoms with Gasteiger partial charge in [0.25, 0.3) is 5.91 Å². The Morgan fingerprint density at radius 1 is 1.07 bits per heavy atom. The predicted octanol–water partition coefficient (Wildman–Crippen LogP) is 3.25. The minimum absolute atomic E-state index is 0.0755. The van der Waals surface area contributed by atoms with Crippen LogP contribution in [-0.4, -0.2) is 26.2 Å². The summed E-state index contributed by atoms with van der Waals surface area (Å²) < 4.78 is 37.2. The Kier molecular flexibility index (Phi) is 5.67. The second-order valence-corrected chi connectivity index (χ2v) is 6.26. The van der Waals surface area contributed by atoms with Gasteiger partial charge in [-0.15, -0.1) is 0 Å². The van der Waals surface area contributed by atoms with Crippen molar-refractivity contribution in [3.05, 3.63) is 64.9 Å². The Morgan fingerprint density at radius 3 is 2.48 bits per heavy atom. The van der Waals surface area contributed by atoms with Gasteiger partial charge in [-0.05, 0) is 31.2 Å². The molecule has 152 valence electrons. The second kappa shape index (κ2) is 8.17. The number of urea groups is 1. The Hall–Kier alpha value is -3.62. The summed E-state index contributed by atoms with van der Waals surface area (Å²) in [6.45, 7) is 1.57. The molecule has 3 N–H and O–H groups in total. The van der Waals surface area contributed by atoms with Gasteiger partial charge in [0.05, 0.1) is 25.8 Å². The van der Waals surface area contributed by atoms with E-state index in [9.17, 15) is 18.4 Å². The maximum absolute atomic E-state index is 13.5. The van der Waals surface area contributed by atoms with Crippen LogP contribution in [0.3, 0.4) is 0 Å². The van der Waals surface area contributed by atoms with Crippen molar-refractivity contribution in [2.45, 2.75) is 13.0 Å². The van der Waals surface area contributed by atoms with E-state index >= 15 is 0 Å². The molecule has 1 aliphatic heterocycles.